The largest absolute Gasteiger partial charge is 0.393 e. The summed E-state index contributed by atoms with van der Waals surface area (Å²) in [4.78, 5) is 13.8. The second-order valence-corrected chi connectivity index (χ2v) is 5.43. The van der Waals surface area contributed by atoms with Gasteiger partial charge in [-0.15, -0.1) is 0 Å². The van der Waals surface area contributed by atoms with Crippen LogP contribution in [0.5, 0.6) is 0 Å². The molecule has 1 fully saturated rings. The fourth-order valence-corrected chi connectivity index (χ4v) is 2.51. The molecule has 1 saturated heterocycles. The van der Waals surface area contributed by atoms with Crippen molar-refractivity contribution in [3.8, 4) is 0 Å². The highest BCUT2D eigenvalue weighted by Gasteiger charge is 2.23. The summed E-state index contributed by atoms with van der Waals surface area (Å²) in [6.45, 7) is 3.93. The summed E-state index contributed by atoms with van der Waals surface area (Å²) in [5.74, 6) is 0.118. The maximum atomic E-state index is 11.6. The third kappa shape index (κ3) is 5.83. The van der Waals surface area contributed by atoms with Gasteiger partial charge in [-0.1, -0.05) is 26.2 Å². The third-order valence-electron chi connectivity index (χ3n) is 3.74. The maximum Gasteiger partial charge on any atom is 0.221 e. The van der Waals surface area contributed by atoms with E-state index in [9.17, 15) is 9.90 Å². The molecule has 0 spiro atoms. The summed E-state index contributed by atoms with van der Waals surface area (Å²) >= 11 is 0. The second-order valence-electron chi connectivity index (χ2n) is 5.43. The Morgan fingerprint density at radius 3 is 3.00 bits per heavy atom. The van der Waals surface area contributed by atoms with Crippen molar-refractivity contribution in [3.63, 3.8) is 0 Å². The van der Waals surface area contributed by atoms with Crippen LogP contribution < -0.4 is 5.32 Å². The highest BCUT2D eigenvalue weighted by molar-refractivity contribution is 5.76. The van der Waals surface area contributed by atoms with Crippen molar-refractivity contribution >= 4 is 5.91 Å². The normalized spacial score (nSPS) is 24.2. The van der Waals surface area contributed by atoms with Crippen LogP contribution >= 0.6 is 0 Å². The molecule has 4 nitrogen and oxygen atoms in total. The summed E-state index contributed by atoms with van der Waals surface area (Å²) in [6, 6.07) is 0.182. The summed E-state index contributed by atoms with van der Waals surface area (Å²) in [5, 5.41) is 12.9. The molecule has 0 aliphatic carbocycles. The van der Waals surface area contributed by atoms with Crippen LogP contribution in [0.4, 0.5) is 0 Å². The zero-order valence-electron chi connectivity index (χ0n) is 11.8. The molecule has 1 rings (SSSR count). The molecule has 0 saturated carbocycles. The van der Waals surface area contributed by atoms with Gasteiger partial charge in [0, 0.05) is 19.0 Å². The Morgan fingerprint density at radius 1 is 1.50 bits per heavy atom. The quantitative estimate of drug-likeness (QED) is 0.709. The lowest BCUT2D eigenvalue weighted by Gasteiger charge is -2.31. The molecule has 1 aliphatic rings. The van der Waals surface area contributed by atoms with Crippen LogP contribution in [-0.4, -0.2) is 48.2 Å². The highest BCUT2D eigenvalue weighted by atomic mass is 16.3. The molecule has 106 valence electrons. The van der Waals surface area contributed by atoms with Gasteiger partial charge < -0.3 is 15.3 Å². The van der Waals surface area contributed by atoms with Crippen molar-refractivity contribution in [2.75, 3.05) is 20.1 Å². The van der Waals surface area contributed by atoms with Gasteiger partial charge in [0.1, 0.15) is 0 Å². The molecule has 2 atom stereocenters. The Bertz CT molecular complexity index is 246. The fourth-order valence-electron chi connectivity index (χ4n) is 2.51. The number of nitrogens with zero attached hydrogens (tertiary/aromatic N) is 1. The van der Waals surface area contributed by atoms with Crippen molar-refractivity contribution < 1.29 is 9.90 Å². The molecule has 1 aliphatic heterocycles. The Hall–Kier alpha value is -0.610. The van der Waals surface area contributed by atoms with E-state index in [-0.39, 0.29) is 18.1 Å². The van der Waals surface area contributed by atoms with Crippen LogP contribution in [0.3, 0.4) is 0 Å². The molecule has 2 N–H and O–H groups in total. The molecule has 4 heteroatoms. The van der Waals surface area contributed by atoms with Crippen molar-refractivity contribution in [3.05, 3.63) is 0 Å². The number of aliphatic hydroxyl groups excluding tert-OH is 1. The number of hydrogen-bond donors (Lipinski definition) is 2. The Labute approximate surface area is 111 Å². The summed E-state index contributed by atoms with van der Waals surface area (Å²) in [7, 11) is 2.06. The van der Waals surface area contributed by atoms with Gasteiger partial charge in [0.05, 0.1) is 6.10 Å². The molecule has 0 aromatic carbocycles. The van der Waals surface area contributed by atoms with Gasteiger partial charge in [-0.25, -0.2) is 0 Å². The molecule has 0 radical (unpaired) electrons. The van der Waals surface area contributed by atoms with Crippen LogP contribution in [0.15, 0.2) is 0 Å². The zero-order valence-corrected chi connectivity index (χ0v) is 11.8. The van der Waals surface area contributed by atoms with Crippen molar-refractivity contribution in [1.82, 2.24) is 10.2 Å². The Morgan fingerprint density at radius 2 is 2.28 bits per heavy atom. The minimum absolute atomic E-state index is 0.118. The number of hydrogen-bond acceptors (Lipinski definition) is 3. The van der Waals surface area contributed by atoms with E-state index < -0.39 is 0 Å². The number of carbonyl (C=O) groups excluding carboxylic acids is 1. The molecular weight excluding hydrogens is 228 g/mol. The van der Waals surface area contributed by atoms with Gasteiger partial charge >= 0.3 is 0 Å². The van der Waals surface area contributed by atoms with Gasteiger partial charge in [-0.05, 0) is 32.9 Å². The lowest BCUT2D eigenvalue weighted by atomic mass is 9.99. The van der Waals surface area contributed by atoms with E-state index in [4.69, 9.17) is 0 Å². The highest BCUT2D eigenvalue weighted by Crippen LogP contribution is 2.15. The number of carbonyl (C=O) groups is 1. The first-order chi connectivity index (χ1) is 8.63. The van der Waals surface area contributed by atoms with Gasteiger partial charge in [-0.3, -0.25) is 4.79 Å². The Balaban J connectivity index is 2.37. The molecule has 0 aromatic rings. The molecule has 1 amide bonds. The molecule has 0 bridgehead atoms. The molecule has 18 heavy (non-hydrogen) atoms. The summed E-state index contributed by atoms with van der Waals surface area (Å²) in [5.41, 5.74) is 0. The van der Waals surface area contributed by atoms with Crippen LogP contribution in [0.2, 0.25) is 0 Å². The van der Waals surface area contributed by atoms with Crippen LogP contribution in [0.25, 0.3) is 0 Å². The minimum Gasteiger partial charge on any atom is -0.393 e. The number of rotatable bonds is 6. The predicted molar refractivity (Wildman–Crippen MR) is 73.4 cm³/mol. The lowest BCUT2D eigenvalue weighted by molar-refractivity contribution is -0.123. The number of nitrogens with one attached hydrogen (secondary N) is 1. The van der Waals surface area contributed by atoms with Crippen molar-refractivity contribution in [1.29, 1.82) is 0 Å². The van der Waals surface area contributed by atoms with E-state index in [1.165, 1.54) is 12.8 Å². The maximum absolute atomic E-state index is 11.6. The van der Waals surface area contributed by atoms with Gasteiger partial charge in [-0.2, -0.15) is 0 Å². The average Bonchev–Trinajstić information content (AvgIpc) is 2.32. The van der Waals surface area contributed by atoms with Crippen molar-refractivity contribution in [2.45, 2.75) is 64.0 Å². The van der Waals surface area contributed by atoms with E-state index >= 15 is 0 Å². The van der Waals surface area contributed by atoms with Gasteiger partial charge in [0.25, 0.3) is 0 Å². The first-order valence-corrected chi connectivity index (χ1v) is 7.28. The van der Waals surface area contributed by atoms with E-state index in [1.807, 2.05) is 0 Å². The number of aliphatic hydroxyl groups is 1. The van der Waals surface area contributed by atoms with E-state index in [0.29, 0.717) is 12.8 Å². The van der Waals surface area contributed by atoms with E-state index in [0.717, 1.165) is 32.4 Å². The van der Waals surface area contributed by atoms with Gasteiger partial charge in [0.15, 0.2) is 0 Å². The second kappa shape index (κ2) is 8.48. The number of unbranched alkanes of at least 4 members (excludes halogenated alkanes) is 2. The fraction of sp³-hybridized carbons (Fsp3) is 0.929. The topological polar surface area (TPSA) is 52.6 Å². The van der Waals surface area contributed by atoms with Crippen molar-refractivity contribution in [2.24, 2.45) is 0 Å². The molecular formula is C14H28N2O2. The summed E-state index contributed by atoms with van der Waals surface area (Å²) in [6.07, 6.45) is 6.26. The van der Waals surface area contributed by atoms with E-state index in [1.54, 1.807) is 0 Å². The van der Waals surface area contributed by atoms with Crippen LogP contribution in [-0.2, 0) is 4.79 Å². The first kappa shape index (κ1) is 15.4. The average molecular weight is 256 g/mol. The first-order valence-electron chi connectivity index (χ1n) is 7.28. The van der Waals surface area contributed by atoms with Crippen LogP contribution in [0, 0.1) is 0 Å². The molecule has 0 aromatic heterocycles. The predicted octanol–water partition coefficient (Wildman–Crippen LogP) is 1.53. The molecule has 1 heterocycles. The molecule has 0 unspecified atom stereocenters. The standard InChI is InChI=1S/C14H28N2O2/c1-3-4-5-7-13(17)10-12-11-14(18)15-8-6-9-16(12)2/h12-13,17H,3-11H2,1-2H3,(H,15,18)/t12-,13-/m0/s1. The zero-order chi connectivity index (χ0) is 13.4. The summed E-state index contributed by atoms with van der Waals surface area (Å²) < 4.78 is 0. The monoisotopic (exact) mass is 256 g/mol. The van der Waals surface area contributed by atoms with Gasteiger partial charge in [0.2, 0.25) is 5.91 Å². The minimum atomic E-state index is -0.267. The van der Waals surface area contributed by atoms with E-state index in [2.05, 4.69) is 24.2 Å². The lowest BCUT2D eigenvalue weighted by Crippen LogP contribution is -2.43. The SMILES string of the molecule is CCCCC[C@H](O)C[C@H]1CC(=O)NCCCN1C. The Kier molecular flexibility index (Phi) is 7.28. The smallest absolute Gasteiger partial charge is 0.221 e. The third-order valence-corrected chi connectivity index (χ3v) is 3.74. The number of amides is 1. The van der Waals surface area contributed by atoms with Crippen LogP contribution in [0.1, 0.15) is 51.9 Å².